The number of ether oxygens (including phenoxy) is 1. The van der Waals surface area contributed by atoms with Gasteiger partial charge in [-0.1, -0.05) is 0 Å². The molecular weight excluding hydrogens is 248 g/mol. The van der Waals surface area contributed by atoms with Crippen molar-refractivity contribution in [2.45, 2.75) is 45.1 Å². The lowest BCUT2D eigenvalue weighted by atomic mass is 9.82. The number of carboxylic acid groups (broad SMARTS) is 1. The summed E-state index contributed by atoms with van der Waals surface area (Å²) < 4.78 is 5.39. The van der Waals surface area contributed by atoms with Crippen LogP contribution in [-0.2, 0) is 9.53 Å². The molecule has 0 spiro atoms. The van der Waals surface area contributed by atoms with Gasteiger partial charge < -0.3 is 20.9 Å². The van der Waals surface area contributed by atoms with Crippen LogP contribution >= 0.6 is 0 Å². The number of carbonyl (C=O) groups excluding carboxylic acids is 1. The lowest BCUT2D eigenvalue weighted by Gasteiger charge is -2.30. The number of amides is 1. The van der Waals surface area contributed by atoms with Crippen LogP contribution in [0.5, 0.6) is 0 Å². The Morgan fingerprint density at radius 1 is 1.32 bits per heavy atom. The first-order valence-corrected chi connectivity index (χ1v) is 6.74. The lowest BCUT2D eigenvalue weighted by molar-refractivity contribution is -0.162. The van der Waals surface area contributed by atoms with Crippen LogP contribution in [0.25, 0.3) is 0 Å². The minimum absolute atomic E-state index is 0.0769. The van der Waals surface area contributed by atoms with Gasteiger partial charge >= 0.3 is 12.1 Å². The van der Waals surface area contributed by atoms with Crippen molar-refractivity contribution in [3.8, 4) is 0 Å². The molecule has 4 N–H and O–H groups in total. The molecule has 0 bridgehead atoms. The summed E-state index contributed by atoms with van der Waals surface area (Å²) in [6.45, 7) is 4.36. The average Bonchev–Trinajstić information content (AvgIpc) is 2.36. The third-order valence-corrected chi connectivity index (χ3v) is 3.59. The molecule has 19 heavy (non-hydrogen) atoms. The Bertz CT molecular complexity index is 323. The first kappa shape index (κ1) is 15.8. The summed E-state index contributed by atoms with van der Waals surface area (Å²) in [5.41, 5.74) is 4.92. The predicted octanol–water partition coefficient (Wildman–Crippen LogP) is 1.34. The molecule has 0 aliphatic heterocycles. The van der Waals surface area contributed by atoms with E-state index in [0.29, 0.717) is 19.0 Å². The predicted molar refractivity (Wildman–Crippen MR) is 70.7 cm³/mol. The van der Waals surface area contributed by atoms with E-state index in [4.69, 9.17) is 15.6 Å². The number of nitrogens with one attached hydrogen (secondary N) is 1. The first-order valence-electron chi connectivity index (χ1n) is 6.74. The van der Waals surface area contributed by atoms with Crippen LogP contribution < -0.4 is 11.1 Å². The average molecular weight is 272 g/mol. The van der Waals surface area contributed by atoms with Crippen LogP contribution in [0.4, 0.5) is 4.79 Å². The summed E-state index contributed by atoms with van der Waals surface area (Å²) >= 11 is 0. The molecule has 0 aromatic heterocycles. The monoisotopic (exact) mass is 272 g/mol. The maximum Gasteiger partial charge on any atom is 0.404 e. The molecule has 0 saturated heterocycles. The molecule has 110 valence electrons. The highest BCUT2D eigenvalue weighted by Crippen LogP contribution is 2.30. The normalized spacial score (nSPS) is 23.7. The van der Waals surface area contributed by atoms with Crippen LogP contribution in [0.15, 0.2) is 0 Å². The Balaban J connectivity index is 2.33. The van der Waals surface area contributed by atoms with E-state index < -0.39 is 11.7 Å². The second-order valence-corrected chi connectivity index (χ2v) is 5.79. The Morgan fingerprint density at radius 3 is 2.37 bits per heavy atom. The van der Waals surface area contributed by atoms with Crippen molar-refractivity contribution in [1.29, 1.82) is 0 Å². The first-order chi connectivity index (χ1) is 8.84. The lowest BCUT2D eigenvalue weighted by Crippen LogP contribution is -2.39. The zero-order valence-electron chi connectivity index (χ0n) is 11.6. The van der Waals surface area contributed by atoms with Gasteiger partial charge in [0.25, 0.3) is 0 Å². The summed E-state index contributed by atoms with van der Waals surface area (Å²) in [5, 5.41) is 10.9. The number of hydrogen-bond acceptors (Lipinski definition) is 4. The molecule has 0 aromatic rings. The van der Waals surface area contributed by atoms with Crippen LogP contribution in [-0.4, -0.2) is 35.9 Å². The Labute approximate surface area is 113 Å². The van der Waals surface area contributed by atoms with Crippen LogP contribution in [0.1, 0.15) is 39.5 Å². The zero-order valence-corrected chi connectivity index (χ0v) is 11.6. The van der Waals surface area contributed by atoms with Crippen LogP contribution in [0, 0.1) is 11.8 Å². The largest absolute Gasteiger partial charge is 0.465 e. The fourth-order valence-corrected chi connectivity index (χ4v) is 2.23. The molecule has 1 aliphatic rings. The highest BCUT2D eigenvalue weighted by molar-refractivity contribution is 5.73. The maximum atomic E-state index is 12.0. The van der Waals surface area contributed by atoms with Crippen molar-refractivity contribution in [1.82, 2.24) is 5.32 Å². The second kappa shape index (κ2) is 6.75. The molecular formula is C13H24N2O4. The SMILES string of the molecule is CC(C)(CN)OC(=O)[C@H]1CC[C@H](CNC(=O)O)CC1. The standard InChI is InChI=1S/C13H24N2O4/c1-13(2,8-14)19-11(16)10-5-3-9(4-6-10)7-15-12(17)18/h9-10,15H,3-8,14H2,1-2H3,(H,17,18)/t9-,10-. The van der Waals surface area contributed by atoms with Crippen molar-refractivity contribution >= 4 is 12.1 Å². The summed E-state index contributed by atoms with van der Waals surface area (Å²) in [5.74, 6) is 0.0645. The molecule has 1 aliphatic carbocycles. The van der Waals surface area contributed by atoms with Crippen LogP contribution in [0.3, 0.4) is 0 Å². The number of esters is 1. The molecule has 1 amide bonds. The molecule has 6 heteroatoms. The van der Waals surface area contributed by atoms with E-state index in [0.717, 1.165) is 25.7 Å². The molecule has 0 aromatic carbocycles. The topological polar surface area (TPSA) is 102 Å². The van der Waals surface area contributed by atoms with E-state index in [1.54, 1.807) is 13.8 Å². The molecule has 0 heterocycles. The minimum Gasteiger partial charge on any atom is -0.465 e. The summed E-state index contributed by atoms with van der Waals surface area (Å²) in [6.07, 6.45) is 2.22. The fourth-order valence-electron chi connectivity index (χ4n) is 2.23. The molecule has 0 atom stereocenters. The van der Waals surface area contributed by atoms with Gasteiger partial charge in [0, 0.05) is 13.1 Å². The molecule has 1 fully saturated rings. The van der Waals surface area contributed by atoms with Crippen molar-refractivity contribution in [3.05, 3.63) is 0 Å². The number of hydrogen-bond donors (Lipinski definition) is 3. The van der Waals surface area contributed by atoms with Crippen molar-refractivity contribution < 1.29 is 19.4 Å². The summed E-state index contributed by atoms with van der Waals surface area (Å²) in [7, 11) is 0. The fraction of sp³-hybridized carbons (Fsp3) is 0.846. The van der Waals surface area contributed by atoms with Crippen molar-refractivity contribution in [2.75, 3.05) is 13.1 Å². The highest BCUT2D eigenvalue weighted by Gasteiger charge is 2.31. The molecule has 1 saturated carbocycles. The number of nitrogens with two attached hydrogens (primary N) is 1. The zero-order chi connectivity index (χ0) is 14.5. The van der Waals surface area contributed by atoms with Crippen LogP contribution in [0.2, 0.25) is 0 Å². The van der Waals surface area contributed by atoms with E-state index in [9.17, 15) is 9.59 Å². The Morgan fingerprint density at radius 2 is 1.89 bits per heavy atom. The second-order valence-electron chi connectivity index (χ2n) is 5.79. The van der Waals surface area contributed by atoms with Crippen molar-refractivity contribution in [2.24, 2.45) is 17.6 Å². The third-order valence-electron chi connectivity index (χ3n) is 3.59. The van der Waals surface area contributed by atoms with E-state index in [1.165, 1.54) is 0 Å². The van der Waals surface area contributed by atoms with E-state index in [1.807, 2.05) is 0 Å². The smallest absolute Gasteiger partial charge is 0.404 e. The molecule has 0 radical (unpaired) electrons. The van der Waals surface area contributed by atoms with Gasteiger partial charge in [-0.05, 0) is 45.4 Å². The number of carbonyl (C=O) groups is 2. The van der Waals surface area contributed by atoms with Crippen molar-refractivity contribution in [3.63, 3.8) is 0 Å². The van der Waals surface area contributed by atoms with Gasteiger partial charge in [-0.15, -0.1) is 0 Å². The Kier molecular flexibility index (Phi) is 5.60. The highest BCUT2D eigenvalue weighted by atomic mass is 16.6. The molecule has 6 nitrogen and oxygen atoms in total. The van der Waals surface area contributed by atoms with Gasteiger partial charge in [0.05, 0.1) is 5.92 Å². The number of rotatable bonds is 5. The van der Waals surface area contributed by atoms with E-state index >= 15 is 0 Å². The van der Waals surface area contributed by atoms with Gasteiger partial charge in [0.2, 0.25) is 0 Å². The van der Waals surface area contributed by atoms with E-state index in [2.05, 4.69) is 5.32 Å². The molecule has 1 rings (SSSR count). The van der Waals surface area contributed by atoms with E-state index in [-0.39, 0.29) is 11.9 Å². The van der Waals surface area contributed by atoms with Gasteiger partial charge in [-0.2, -0.15) is 0 Å². The summed E-state index contributed by atoms with van der Waals surface area (Å²) in [6, 6.07) is 0. The van der Waals surface area contributed by atoms with Gasteiger partial charge in [-0.3, -0.25) is 4.79 Å². The maximum absolute atomic E-state index is 12.0. The van der Waals surface area contributed by atoms with Gasteiger partial charge in [0.1, 0.15) is 5.60 Å². The quantitative estimate of drug-likeness (QED) is 0.655. The van der Waals surface area contributed by atoms with Gasteiger partial charge in [0.15, 0.2) is 0 Å². The van der Waals surface area contributed by atoms with Gasteiger partial charge in [-0.25, -0.2) is 4.79 Å². The third kappa shape index (κ3) is 5.46. The Hall–Kier alpha value is -1.30. The minimum atomic E-state index is -0.994. The summed E-state index contributed by atoms with van der Waals surface area (Å²) in [4.78, 5) is 22.4. The molecule has 0 unspecified atom stereocenters.